The van der Waals surface area contributed by atoms with Gasteiger partial charge in [0.1, 0.15) is 0 Å². The van der Waals surface area contributed by atoms with Crippen LogP contribution in [0.5, 0.6) is 0 Å². The molecular weight excluding hydrogens is 216 g/mol. The van der Waals surface area contributed by atoms with E-state index in [2.05, 4.69) is 16.4 Å². The van der Waals surface area contributed by atoms with E-state index in [0.717, 1.165) is 12.2 Å². The Morgan fingerprint density at radius 3 is 3.07 bits per heavy atom. The Morgan fingerprint density at radius 1 is 1.57 bits per heavy atom. The number of hydrogen-bond donors (Lipinski definition) is 2. The van der Waals surface area contributed by atoms with Crippen molar-refractivity contribution in [2.24, 2.45) is 0 Å². The number of hydrogen-bond acceptors (Lipinski definition) is 3. The predicted molar refractivity (Wildman–Crippen MR) is 59.0 cm³/mol. The lowest BCUT2D eigenvalue weighted by Crippen LogP contribution is -2.03. The molecule has 0 bridgehead atoms. The van der Waals surface area contributed by atoms with Crippen molar-refractivity contribution in [3.8, 4) is 0 Å². The second kappa shape index (κ2) is 4.08. The van der Waals surface area contributed by atoms with Gasteiger partial charge in [-0.2, -0.15) is 11.3 Å². The molecule has 74 valence electrons. The number of aliphatic hydroxyl groups excluding tert-OH is 1. The fourth-order valence-electron chi connectivity index (χ4n) is 1.30. The molecule has 0 spiro atoms. The second-order valence-corrected chi connectivity index (χ2v) is 4.13. The first-order valence-electron chi connectivity index (χ1n) is 4.20. The van der Waals surface area contributed by atoms with Crippen molar-refractivity contribution in [1.82, 2.24) is 9.55 Å². The van der Waals surface area contributed by atoms with Crippen LogP contribution in [0, 0.1) is 4.77 Å². The molecule has 14 heavy (non-hydrogen) atoms. The lowest BCUT2D eigenvalue weighted by molar-refractivity contribution is 0.271. The Kier molecular flexibility index (Phi) is 2.81. The van der Waals surface area contributed by atoms with Crippen LogP contribution in [0.2, 0.25) is 0 Å². The highest BCUT2D eigenvalue weighted by Gasteiger charge is 2.03. The molecule has 0 aliphatic heterocycles. The summed E-state index contributed by atoms with van der Waals surface area (Å²) in [5.74, 6) is 0. The van der Waals surface area contributed by atoms with Gasteiger partial charge in [-0.25, -0.2) is 0 Å². The van der Waals surface area contributed by atoms with Crippen LogP contribution in [0.15, 0.2) is 23.0 Å². The molecule has 0 aliphatic rings. The molecule has 0 fully saturated rings. The molecule has 0 aliphatic carbocycles. The largest absolute Gasteiger partial charge is 0.390 e. The Morgan fingerprint density at radius 2 is 2.43 bits per heavy atom. The number of nitrogens with zero attached hydrogens (tertiary/aromatic N) is 1. The first-order chi connectivity index (χ1) is 6.81. The van der Waals surface area contributed by atoms with E-state index in [0.29, 0.717) is 4.77 Å². The van der Waals surface area contributed by atoms with Gasteiger partial charge in [0, 0.05) is 6.20 Å². The Bertz CT molecular complexity index is 455. The minimum Gasteiger partial charge on any atom is -0.390 e. The number of nitrogens with one attached hydrogen (secondary N) is 1. The summed E-state index contributed by atoms with van der Waals surface area (Å²) in [7, 11) is 0. The average molecular weight is 226 g/mol. The van der Waals surface area contributed by atoms with Crippen LogP contribution in [0.25, 0.3) is 0 Å². The highest BCUT2D eigenvalue weighted by atomic mass is 32.1. The summed E-state index contributed by atoms with van der Waals surface area (Å²) in [5, 5.41) is 13.2. The van der Waals surface area contributed by atoms with Gasteiger partial charge in [0.15, 0.2) is 4.77 Å². The summed E-state index contributed by atoms with van der Waals surface area (Å²) in [6, 6.07) is 2.06. The van der Waals surface area contributed by atoms with Crippen molar-refractivity contribution in [2.75, 3.05) is 0 Å². The number of H-pyrrole nitrogens is 1. The molecular formula is C9H10N2OS2. The SMILES string of the molecule is OCc1c[nH]c(=S)n1Cc1ccsc1. The van der Waals surface area contributed by atoms with Crippen molar-refractivity contribution in [3.05, 3.63) is 39.1 Å². The minimum atomic E-state index is 0.0112. The zero-order valence-corrected chi connectivity index (χ0v) is 9.07. The topological polar surface area (TPSA) is 40.9 Å². The van der Waals surface area contributed by atoms with Crippen LogP contribution in [0.1, 0.15) is 11.3 Å². The normalized spacial score (nSPS) is 10.6. The monoisotopic (exact) mass is 226 g/mol. The van der Waals surface area contributed by atoms with Crippen molar-refractivity contribution < 1.29 is 5.11 Å². The van der Waals surface area contributed by atoms with Crippen LogP contribution in [0.4, 0.5) is 0 Å². The number of aromatic nitrogens is 2. The summed E-state index contributed by atoms with van der Waals surface area (Å²) in [5.41, 5.74) is 2.03. The van der Waals surface area contributed by atoms with Gasteiger partial charge in [-0.1, -0.05) is 0 Å². The van der Waals surface area contributed by atoms with E-state index in [9.17, 15) is 0 Å². The van der Waals surface area contributed by atoms with Gasteiger partial charge in [0.05, 0.1) is 18.8 Å². The molecule has 3 nitrogen and oxygen atoms in total. The maximum atomic E-state index is 9.08. The zero-order valence-electron chi connectivity index (χ0n) is 7.43. The van der Waals surface area contributed by atoms with Gasteiger partial charge < -0.3 is 14.7 Å². The smallest absolute Gasteiger partial charge is 0.177 e. The lowest BCUT2D eigenvalue weighted by atomic mass is 10.3. The minimum absolute atomic E-state index is 0.0112. The number of aromatic amines is 1. The standard InChI is InChI=1S/C9H10N2OS2/c12-5-8-3-10-9(13)11(8)4-7-1-2-14-6-7/h1-3,6,12H,4-5H2,(H,10,13). The molecule has 2 N–H and O–H groups in total. The van der Waals surface area contributed by atoms with Crippen molar-refractivity contribution in [1.29, 1.82) is 0 Å². The molecule has 5 heteroatoms. The van der Waals surface area contributed by atoms with Crippen LogP contribution in [-0.4, -0.2) is 14.7 Å². The van der Waals surface area contributed by atoms with Gasteiger partial charge >= 0.3 is 0 Å². The first kappa shape index (κ1) is 9.64. The van der Waals surface area contributed by atoms with Crippen LogP contribution >= 0.6 is 23.6 Å². The van der Waals surface area contributed by atoms with Crippen molar-refractivity contribution >= 4 is 23.6 Å². The van der Waals surface area contributed by atoms with Crippen LogP contribution in [-0.2, 0) is 13.2 Å². The molecule has 2 rings (SSSR count). The molecule has 2 heterocycles. The average Bonchev–Trinajstić information content (AvgIpc) is 2.79. The third-order valence-corrected chi connectivity index (χ3v) is 3.11. The molecule has 0 saturated carbocycles. The molecule has 2 aromatic heterocycles. The summed E-state index contributed by atoms with van der Waals surface area (Å²) in [6.45, 7) is 0.735. The molecule has 0 amide bonds. The van der Waals surface area contributed by atoms with Gasteiger partial charge in [-0.05, 0) is 34.6 Å². The molecule has 2 aromatic rings. The summed E-state index contributed by atoms with van der Waals surface area (Å²) >= 11 is 6.77. The van der Waals surface area contributed by atoms with E-state index >= 15 is 0 Å². The van der Waals surface area contributed by atoms with Crippen molar-refractivity contribution in [2.45, 2.75) is 13.2 Å². The second-order valence-electron chi connectivity index (χ2n) is 2.96. The van der Waals surface area contributed by atoms with Gasteiger partial charge in [0.2, 0.25) is 0 Å². The van der Waals surface area contributed by atoms with Gasteiger partial charge in [-0.3, -0.25) is 0 Å². The van der Waals surface area contributed by atoms with Crippen LogP contribution in [0.3, 0.4) is 0 Å². The van der Waals surface area contributed by atoms with E-state index in [1.54, 1.807) is 17.5 Å². The van der Waals surface area contributed by atoms with E-state index in [1.165, 1.54) is 5.56 Å². The molecule has 0 atom stereocenters. The van der Waals surface area contributed by atoms with E-state index in [4.69, 9.17) is 17.3 Å². The maximum Gasteiger partial charge on any atom is 0.177 e. The fourth-order valence-corrected chi connectivity index (χ4v) is 2.20. The Balaban J connectivity index is 2.32. The number of rotatable bonds is 3. The number of imidazole rings is 1. The van der Waals surface area contributed by atoms with E-state index in [-0.39, 0.29) is 6.61 Å². The lowest BCUT2D eigenvalue weighted by Gasteiger charge is -2.03. The molecule has 0 saturated heterocycles. The fraction of sp³-hybridized carbons (Fsp3) is 0.222. The van der Waals surface area contributed by atoms with E-state index in [1.807, 2.05) is 9.95 Å². The van der Waals surface area contributed by atoms with E-state index < -0.39 is 0 Å². The Labute approximate surface area is 90.7 Å². The molecule has 0 aromatic carbocycles. The summed E-state index contributed by atoms with van der Waals surface area (Å²) < 4.78 is 2.55. The molecule has 0 unspecified atom stereocenters. The first-order valence-corrected chi connectivity index (χ1v) is 5.55. The summed E-state index contributed by atoms with van der Waals surface area (Å²) in [4.78, 5) is 2.92. The van der Waals surface area contributed by atoms with Gasteiger partial charge in [-0.15, -0.1) is 0 Å². The van der Waals surface area contributed by atoms with Gasteiger partial charge in [0.25, 0.3) is 0 Å². The molecule has 0 radical (unpaired) electrons. The third-order valence-electron chi connectivity index (χ3n) is 2.04. The maximum absolute atomic E-state index is 9.08. The predicted octanol–water partition coefficient (Wildman–Crippen LogP) is 2.15. The number of aliphatic hydroxyl groups is 1. The highest BCUT2D eigenvalue weighted by molar-refractivity contribution is 7.71. The van der Waals surface area contributed by atoms with Crippen molar-refractivity contribution in [3.63, 3.8) is 0 Å². The third kappa shape index (κ3) is 1.79. The quantitative estimate of drug-likeness (QED) is 0.787. The summed E-state index contributed by atoms with van der Waals surface area (Å²) in [6.07, 6.45) is 1.74. The van der Waals surface area contributed by atoms with Crippen LogP contribution < -0.4 is 0 Å². The zero-order chi connectivity index (χ0) is 9.97. The highest BCUT2D eigenvalue weighted by Crippen LogP contribution is 2.10. The number of thiophene rings is 1. The Hall–Kier alpha value is -0.910.